The van der Waals surface area contributed by atoms with E-state index in [0.29, 0.717) is 10.2 Å². The molecule has 19 heavy (non-hydrogen) atoms. The van der Waals surface area contributed by atoms with Crippen LogP contribution < -0.4 is 10.1 Å². The van der Waals surface area contributed by atoms with Crippen molar-refractivity contribution in [3.8, 4) is 5.75 Å². The molecule has 1 aromatic carbocycles. The van der Waals surface area contributed by atoms with Crippen LogP contribution in [0.2, 0.25) is 0 Å². The molecule has 0 aliphatic carbocycles. The third-order valence-electron chi connectivity index (χ3n) is 2.54. The average Bonchev–Trinajstić information content (AvgIpc) is 2.87. The van der Waals surface area contributed by atoms with Crippen LogP contribution in [0.15, 0.2) is 40.2 Å². The van der Waals surface area contributed by atoms with Crippen LogP contribution in [0.5, 0.6) is 5.75 Å². The van der Waals surface area contributed by atoms with Crippen LogP contribution in [0.1, 0.15) is 11.8 Å². The lowest BCUT2D eigenvalue weighted by atomic mass is 10.3. The molecule has 0 saturated heterocycles. The van der Waals surface area contributed by atoms with Gasteiger partial charge < -0.3 is 10.1 Å². The normalized spacial score (nSPS) is 12.4. The zero-order chi connectivity index (χ0) is 13.7. The van der Waals surface area contributed by atoms with Crippen molar-refractivity contribution in [3.63, 3.8) is 0 Å². The van der Waals surface area contributed by atoms with Gasteiger partial charge in [0.1, 0.15) is 17.7 Å². The van der Waals surface area contributed by atoms with Crippen molar-refractivity contribution in [2.24, 2.45) is 0 Å². The van der Waals surface area contributed by atoms with Gasteiger partial charge in [-0.1, -0.05) is 6.07 Å². The van der Waals surface area contributed by atoms with Crippen LogP contribution in [0.3, 0.4) is 0 Å². The van der Waals surface area contributed by atoms with E-state index in [-0.39, 0.29) is 11.9 Å². The van der Waals surface area contributed by atoms with Gasteiger partial charge in [0.2, 0.25) is 0 Å². The van der Waals surface area contributed by atoms with E-state index in [0.717, 1.165) is 13.1 Å². The van der Waals surface area contributed by atoms with Crippen molar-refractivity contribution < 1.29 is 9.13 Å². The highest BCUT2D eigenvalue weighted by molar-refractivity contribution is 9.10. The minimum absolute atomic E-state index is 0.0253. The number of thiophene rings is 1. The molecule has 0 spiro atoms. The number of hydrogen-bond acceptors (Lipinski definition) is 3. The zero-order valence-electron chi connectivity index (χ0n) is 10.5. The van der Waals surface area contributed by atoms with Gasteiger partial charge in [-0.15, -0.1) is 11.3 Å². The fraction of sp³-hybridized carbons (Fsp3) is 0.286. The second-order valence-electron chi connectivity index (χ2n) is 4.21. The zero-order valence-corrected chi connectivity index (χ0v) is 12.9. The minimum Gasteiger partial charge on any atom is -0.489 e. The highest BCUT2D eigenvalue weighted by Gasteiger charge is 2.06. The Labute approximate surface area is 124 Å². The van der Waals surface area contributed by atoms with Gasteiger partial charge in [0, 0.05) is 18.0 Å². The summed E-state index contributed by atoms with van der Waals surface area (Å²) in [6.07, 6.45) is 0.0253. The lowest BCUT2D eigenvalue weighted by molar-refractivity contribution is 0.216. The lowest BCUT2D eigenvalue weighted by Gasteiger charge is -2.15. The molecular weight excluding hydrogens is 329 g/mol. The van der Waals surface area contributed by atoms with E-state index in [9.17, 15) is 4.39 Å². The molecule has 2 nitrogen and oxygen atoms in total. The van der Waals surface area contributed by atoms with Crippen LogP contribution in [-0.2, 0) is 6.54 Å². The van der Waals surface area contributed by atoms with Gasteiger partial charge in [0.05, 0.1) is 4.47 Å². The van der Waals surface area contributed by atoms with Crippen LogP contribution in [0.4, 0.5) is 4.39 Å². The van der Waals surface area contributed by atoms with Gasteiger partial charge in [-0.05, 0) is 52.5 Å². The summed E-state index contributed by atoms with van der Waals surface area (Å²) >= 11 is 4.88. The van der Waals surface area contributed by atoms with E-state index in [1.54, 1.807) is 23.5 Å². The molecular formula is C14H15BrFNOS. The largest absolute Gasteiger partial charge is 0.489 e. The molecule has 0 fully saturated rings. The Hall–Kier alpha value is -0.910. The summed E-state index contributed by atoms with van der Waals surface area (Å²) in [6, 6.07) is 8.81. The lowest BCUT2D eigenvalue weighted by Crippen LogP contribution is -2.28. The first-order chi connectivity index (χ1) is 9.15. The predicted molar refractivity (Wildman–Crippen MR) is 80.2 cm³/mol. The molecule has 2 rings (SSSR count). The minimum atomic E-state index is -0.282. The molecule has 0 aliphatic rings. The molecule has 1 N–H and O–H groups in total. The first-order valence-corrected chi connectivity index (χ1v) is 7.67. The van der Waals surface area contributed by atoms with Gasteiger partial charge in [0.25, 0.3) is 0 Å². The topological polar surface area (TPSA) is 21.3 Å². The standard InChI is InChI=1S/C14H15BrFNOS/c1-10(8-17-9-12-3-2-6-19-12)18-11-4-5-14(16)13(15)7-11/h2-7,10,17H,8-9H2,1H3. The Balaban J connectivity index is 1.77. The Morgan fingerprint density at radius 3 is 2.95 bits per heavy atom. The van der Waals surface area contributed by atoms with Crippen LogP contribution in [0.25, 0.3) is 0 Å². The maximum atomic E-state index is 13.1. The van der Waals surface area contributed by atoms with Crippen LogP contribution in [0, 0.1) is 5.82 Å². The van der Waals surface area contributed by atoms with Crippen molar-refractivity contribution in [1.29, 1.82) is 0 Å². The Morgan fingerprint density at radius 2 is 2.26 bits per heavy atom. The van der Waals surface area contributed by atoms with Crippen LogP contribution >= 0.6 is 27.3 Å². The molecule has 0 radical (unpaired) electrons. The van der Waals surface area contributed by atoms with E-state index in [1.807, 2.05) is 13.0 Å². The Kier molecular flexibility index (Phi) is 5.36. The monoisotopic (exact) mass is 343 g/mol. The number of halogens is 2. The third-order valence-corrected chi connectivity index (χ3v) is 4.02. The van der Waals surface area contributed by atoms with Gasteiger partial charge in [-0.2, -0.15) is 0 Å². The summed E-state index contributed by atoms with van der Waals surface area (Å²) in [5, 5.41) is 5.40. The number of benzene rings is 1. The molecule has 1 unspecified atom stereocenters. The fourth-order valence-electron chi connectivity index (χ4n) is 1.64. The summed E-state index contributed by atoms with van der Waals surface area (Å²) in [7, 11) is 0. The summed E-state index contributed by atoms with van der Waals surface area (Å²) in [4.78, 5) is 1.30. The number of rotatable bonds is 6. The van der Waals surface area contributed by atoms with Crippen LogP contribution in [-0.4, -0.2) is 12.6 Å². The van der Waals surface area contributed by atoms with Crippen molar-refractivity contribution in [2.75, 3.05) is 6.54 Å². The van der Waals surface area contributed by atoms with E-state index in [1.165, 1.54) is 10.9 Å². The highest BCUT2D eigenvalue weighted by Crippen LogP contribution is 2.22. The molecule has 0 amide bonds. The van der Waals surface area contributed by atoms with Gasteiger partial charge >= 0.3 is 0 Å². The van der Waals surface area contributed by atoms with E-state index in [4.69, 9.17) is 4.74 Å². The Bertz CT molecular complexity index is 518. The molecule has 5 heteroatoms. The molecule has 0 saturated carbocycles. The van der Waals surface area contributed by atoms with E-state index >= 15 is 0 Å². The van der Waals surface area contributed by atoms with Crippen molar-refractivity contribution in [1.82, 2.24) is 5.32 Å². The average molecular weight is 344 g/mol. The quantitative estimate of drug-likeness (QED) is 0.848. The molecule has 0 aliphatic heterocycles. The molecule has 1 heterocycles. The maximum absolute atomic E-state index is 13.1. The molecule has 2 aromatic rings. The smallest absolute Gasteiger partial charge is 0.137 e. The third kappa shape index (κ3) is 4.60. The summed E-state index contributed by atoms with van der Waals surface area (Å²) in [5.74, 6) is 0.384. The summed E-state index contributed by atoms with van der Waals surface area (Å²) in [6.45, 7) is 3.57. The van der Waals surface area contributed by atoms with Crippen molar-refractivity contribution >= 4 is 27.3 Å². The molecule has 1 aromatic heterocycles. The summed E-state index contributed by atoms with van der Waals surface area (Å²) in [5.41, 5.74) is 0. The number of ether oxygens (including phenoxy) is 1. The number of hydrogen-bond donors (Lipinski definition) is 1. The molecule has 1 atom stereocenters. The van der Waals surface area contributed by atoms with Gasteiger partial charge in [0.15, 0.2) is 0 Å². The van der Waals surface area contributed by atoms with Crippen molar-refractivity contribution in [2.45, 2.75) is 19.6 Å². The SMILES string of the molecule is CC(CNCc1cccs1)Oc1ccc(F)c(Br)c1. The van der Waals surface area contributed by atoms with Gasteiger partial charge in [-0.3, -0.25) is 0 Å². The van der Waals surface area contributed by atoms with E-state index in [2.05, 4.69) is 32.7 Å². The molecule has 102 valence electrons. The first kappa shape index (κ1) is 14.5. The Morgan fingerprint density at radius 1 is 1.42 bits per heavy atom. The van der Waals surface area contributed by atoms with Gasteiger partial charge in [-0.25, -0.2) is 4.39 Å². The molecule has 0 bridgehead atoms. The second-order valence-corrected chi connectivity index (χ2v) is 6.10. The highest BCUT2D eigenvalue weighted by atomic mass is 79.9. The predicted octanol–water partition coefficient (Wildman–Crippen LogP) is 4.21. The van der Waals surface area contributed by atoms with Crippen molar-refractivity contribution in [3.05, 3.63) is 50.9 Å². The van der Waals surface area contributed by atoms with E-state index < -0.39 is 0 Å². The maximum Gasteiger partial charge on any atom is 0.137 e. The first-order valence-electron chi connectivity index (χ1n) is 6.00. The summed E-state index contributed by atoms with van der Waals surface area (Å²) < 4.78 is 19.2. The number of nitrogens with one attached hydrogen (secondary N) is 1. The second kappa shape index (κ2) is 7.03. The fourth-order valence-corrected chi connectivity index (χ4v) is 2.67.